The van der Waals surface area contributed by atoms with Crippen LogP contribution in [0.5, 0.6) is 5.75 Å². The summed E-state index contributed by atoms with van der Waals surface area (Å²) < 4.78 is 30.3. The van der Waals surface area contributed by atoms with Crippen molar-refractivity contribution in [1.29, 1.82) is 0 Å². The average Bonchev–Trinajstić information content (AvgIpc) is 2.78. The van der Waals surface area contributed by atoms with Crippen LogP contribution in [0.25, 0.3) is 0 Å². The lowest BCUT2D eigenvalue weighted by atomic mass is 9.80. The number of hydrogen-bond donors (Lipinski definition) is 1. The van der Waals surface area contributed by atoms with Crippen LogP contribution in [0, 0.1) is 0 Å². The minimum Gasteiger partial charge on any atom is -0.382 e. The zero-order chi connectivity index (χ0) is 18.1. The van der Waals surface area contributed by atoms with E-state index in [-0.39, 0.29) is 24.0 Å². The van der Waals surface area contributed by atoms with Crippen LogP contribution >= 0.6 is 15.9 Å². The molecule has 1 saturated carbocycles. The fourth-order valence-electron chi connectivity index (χ4n) is 3.43. The standard InChI is InChI=1S/C16H19BrN2O5S/c17-12-4-6-13(7-5-12)24-25(22,23)11-10-19-15(21)18-14(20)16(19)8-2-1-3-9-16/h4-7H,1-3,8-11H2,(H,18,20,21). The van der Waals surface area contributed by atoms with E-state index in [1.807, 2.05) is 0 Å². The van der Waals surface area contributed by atoms with Crippen LogP contribution in [-0.2, 0) is 14.9 Å². The molecule has 1 spiro atoms. The molecule has 1 N–H and O–H groups in total. The normalized spacial score (nSPS) is 20.0. The van der Waals surface area contributed by atoms with E-state index in [9.17, 15) is 18.0 Å². The maximum Gasteiger partial charge on any atom is 0.325 e. The molecule has 25 heavy (non-hydrogen) atoms. The van der Waals surface area contributed by atoms with Crippen LogP contribution in [-0.4, -0.2) is 43.1 Å². The van der Waals surface area contributed by atoms with Gasteiger partial charge in [-0.05, 0) is 37.1 Å². The summed E-state index contributed by atoms with van der Waals surface area (Å²) in [4.78, 5) is 25.8. The van der Waals surface area contributed by atoms with Crippen LogP contribution < -0.4 is 9.50 Å². The van der Waals surface area contributed by atoms with E-state index in [1.165, 1.54) is 17.0 Å². The summed E-state index contributed by atoms with van der Waals surface area (Å²) in [5, 5.41) is 2.33. The fourth-order valence-corrected chi connectivity index (χ4v) is 4.59. The van der Waals surface area contributed by atoms with Gasteiger partial charge < -0.3 is 9.08 Å². The minimum absolute atomic E-state index is 0.0730. The van der Waals surface area contributed by atoms with Gasteiger partial charge in [-0.15, -0.1) is 0 Å². The highest BCUT2D eigenvalue weighted by Crippen LogP contribution is 2.37. The molecule has 1 aliphatic heterocycles. The molecule has 0 atom stereocenters. The monoisotopic (exact) mass is 430 g/mol. The Labute approximate surface area is 155 Å². The average molecular weight is 431 g/mol. The van der Waals surface area contributed by atoms with Crippen molar-refractivity contribution in [1.82, 2.24) is 10.2 Å². The zero-order valence-electron chi connectivity index (χ0n) is 13.5. The summed E-state index contributed by atoms with van der Waals surface area (Å²) in [5.74, 6) is -0.480. The summed E-state index contributed by atoms with van der Waals surface area (Å²) >= 11 is 3.27. The number of carbonyl (C=O) groups is 2. The largest absolute Gasteiger partial charge is 0.382 e. The predicted molar refractivity (Wildman–Crippen MR) is 94.6 cm³/mol. The smallest absolute Gasteiger partial charge is 0.325 e. The molecule has 2 fully saturated rings. The highest BCUT2D eigenvalue weighted by molar-refractivity contribution is 9.10. The van der Waals surface area contributed by atoms with Gasteiger partial charge >= 0.3 is 16.1 Å². The van der Waals surface area contributed by atoms with E-state index >= 15 is 0 Å². The van der Waals surface area contributed by atoms with Crippen molar-refractivity contribution in [2.45, 2.75) is 37.6 Å². The van der Waals surface area contributed by atoms with Crippen molar-refractivity contribution in [3.8, 4) is 5.75 Å². The van der Waals surface area contributed by atoms with Gasteiger partial charge in [-0.2, -0.15) is 8.42 Å². The Morgan fingerprint density at radius 1 is 1.12 bits per heavy atom. The minimum atomic E-state index is -3.88. The molecule has 0 aromatic heterocycles. The van der Waals surface area contributed by atoms with Gasteiger partial charge in [-0.3, -0.25) is 10.1 Å². The van der Waals surface area contributed by atoms with Crippen LogP contribution in [0.3, 0.4) is 0 Å². The molecule has 1 saturated heterocycles. The van der Waals surface area contributed by atoms with Gasteiger partial charge in [0.25, 0.3) is 5.91 Å². The Morgan fingerprint density at radius 2 is 1.76 bits per heavy atom. The Morgan fingerprint density at radius 3 is 2.40 bits per heavy atom. The molecule has 3 rings (SSSR count). The molecular formula is C16H19BrN2O5S. The van der Waals surface area contributed by atoms with Crippen molar-refractivity contribution in [3.63, 3.8) is 0 Å². The van der Waals surface area contributed by atoms with Gasteiger partial charge in [-0.25, -0.2) is 4.79 Å². The third kappa shape index (κ3) is 3.82. The predicted octanol–water partition coefficient (Wildman–Crippen LogP) is 2.41. The highest BCUT2D eigenvalue weighted by Gasteiger charge is 2.52. The van der Waals surface area contributed by atoms with Crippen LogP contribution in [0.1, 0.15) is 32.1 Å². The molecule has 0 bridgehead atoms. The van der Waals surface area contributed by atoms with Crippen molar-refractivity contribution in [2.75, 3.05) is 12.3 Å². The third-order valence-corrected chi connectivity index (χ3v) is 6.35. The third-order valence-electron chi connectivity index (χ3n) is 4.69. The molecular weight excluding hydrogens is 412 g/mol. The number of urea groups is 1. The van der Waals surface area contributed by atoms with E-state index in [0.29, 0.717) is 12.8 Å². The van der Waals surface area contributed by atoms with E-state index in [0.717, 1.165) is 23.7 Å². The van der Waals surface area contributed by atoms with E-state index in [1.54, 1.807) is 12.1 Å². The number of halogens is 1. The zero-order valence-corrected chi connectivity index (χ0v) is 15.9. The Bertz CT molecular complexity index is 772. The molecule has 136 valence electrons. The fraction of sp³-hybridized carbons (Fsp3) is 0.500. The van der Waals surface area contributed by atoms with E-state index in [2.05, 4.69) is 21.2 Å². The first-order valence-corrected chi connectivity index (χ1v) is 10.5. The SMILES string of the molecule is O=C1NC(=O)C2(CCCCC2)N1CCS(=O)(=O)Oc1ccc(Br)cc1. The summed E-state index contributed by atoms with van der Waals surface area (Å²) in [6, 6.07) is 5.90. The molecule has 9 heteroatoms. The molecule has 7 nitrogen and oxygen atoms in total. The van der Waals surface area contributed by atoms with Gasteiger partial charge in [0.15, 0.2) is 0 Å². The van der Waals surface area contributed by atoms with Gasteiger partial charge in [-0.1, -0.05) is 35.2 Å². The second-order valence-electron chi connectivity index (χ2n) is 6.30. The number of benzene rings is 1. The molecule has 2 aliphatic rings. The lowest BCUT2D eigenvalue weighted by molar-refractivity contribution is -0.128. The quantitative estimate of drug-likeness (QED) is 0.571. The molecule has 0 unspecified atom stereocenters. The van der Waals surface area contributed by atoms with Gasteiger partial charge in [0.05, 0.1) is 0 Å². The van der Waals surface area contributed by atoms with Gasteiger partial charge in [0.1, 0.15) is 17.0 Å². The second-order valence-corrected chi connectivity index (χ2v) is 8.91. The lowest BCUT2D eigenvalue weighted by Gasteiger charge is -2.38. The van der Waals surface area contributed by atoms with Crippen molar-refractivity contribution >= 4 is 38.0 Å². The molecule has 3 amide bonds. The maximum atomic E-state index is 12.3. The first-order chi connectivity index (χ1) is 11.8. The summed E-state index contributed by atoms with van der Waals surface area (Å²) in [6.07, 6.45) is 3.84. The number of rotatable bonds is 5. The highest BCUT2D eigenvalue weighted by atomic mass is 79.9. The van der Waals surface area contributed by atoms with Gasteiger partial charge in [0.2, 0.25) is 0 Å². The number of amides is 3. The number of nitrogens with zero attached hydrogens (tertiary/aromatic N) is 1. The first-order valence-electron chi connectivity index (χ1n) is 8.13. The molecule has 1 aromatic carbocycles. The van der Waals surface area contributed by atoms with Crippen molar-refractivity contribution in [3.05, 3.63) is 28.7 Å². The topological polar surface area (TPSA) is 92.8 Å². The summed E-state index contributed by atoms with van der Waals surface area (Å²) in [5.41, 5.74) is -0.900. The van der Waals surface area contributed by atoms with E-state index < -0.39 is 21.7 Å². The van der Waals surface area contributed by atoms with Crippen molar-refractivity contribution in [2.24, 2.45) is 0 Å². The number of imide groups is 1. The van der Waals surface area contributed by atoms with Crippen LogP contribution in [0.4, 0.5) is 4.79 Å². The van der Waals surface area contributed by atoms with Gasteiger partial charge in [0, 0.05) is 11.0 Å². The molecule has 1 heterocycles. The number of nitrogens with one attached hydrogen (secondary N) is 1. The summed E-state index contributed by atoms with van der Waals surface area (Å²) in [7, 11) is -3.88. The summed E-state index contributed by atoms with van der Waals surface area (Å²) in [6.45, 7) is -0.0730. The second kappa shape index (κ2) is 6.95. The number of carbonyl (C=O) groups excluding carboxylic acids is 2. The number of hydrogen-bond acceptors (Lipinski definition) is 5. The first kappa shape index (κ1) is 18.2. The molecule has 0 radical (unpaired) electrons. The molecule has 1 aromatic rings. The van der Waals surface area contributed by atoms with E-state index in [4.69, 9.17) is 4.18 Å². The lowest BCUT2D eigenvalue weighted by Crippen LogP contribution is -2.52. The van der Waals surface area contributed by atoms with Crippen LogP contribution in [0.15, 0.2) is 28.7 Å². The Kier molecular flexibility index (Phi) is 5.06. The maximum absolute atomic E-state index is 12.3. The Balaban J connectivity index is 1.69. The Hall–Kier alpha value is -1.61. The van der Waals surface area contributed by atoms with Crippen molar-refractivity contribution < 1.29 is 22.2 Å². The molecule has 1 aliphatic carbocycles. The van der Waals surface area contributed by atoms with Crippen LogP contribution in [0.2, 0.25) is 0 Å².